The Bertz CT molecular complexity index is 751. The zero-order valence-electron chi connectivity index (χ0n) is 15.6. The van der Waals surface area contributed by atoms with Gasteiger partial charge in [-0.25, -0.2) is 9.97 Å². The lowest BCUT2D eigenvalue weighted by atomic mass is 10.0. The Morgan fingerprint density at radius 1 is 1.15 bits per heavy atom. The second-order valence-corrected chi connectivity index (χ2v) is 6.71. The number of hydrogen-bond acceptors (Lipinski definition) is 5. The summed E-state index contributed by atoms with van der Waals surface area (Å²) < 4.78 is 5.21. The third-order valence-corrected chi connectivity index (χ3v) is 4.80. The van der Waals surface area contributed by atoms with Crippen molar-refractivity contribution in [3.8, 4) is 5.75 Å². The quantitative estimate of drug-likeness (QED) is 0.863. The standard InChI is InChI=1S/C20H26N4O2/c1-13-17(12-15-7-9-16(26-3)10-8-15)14(2)23-20(22-13)24-18-6-4-5-11-21-19(18)25/h7-10,18H,4-6,11-12H2,1-3H3,(H,21,25)(H,22,23,24). The Kier molecular flexibility index (Phi) is 5.71. The van der Waals surface area contributed by atoms with Crippen molar-refractivity contribution in [2.75, 3.05) is 19.0 Å². The van der Waals surface area contributed by atoms with E-state index in [-0.39, 0.29) is 11.9 Å². The first-order valence-corrected chi connectivity index (χ1v) is 9.08. The number of methoxy groups -OCH3 is 1. The summed E-state index contributed by atoms with van der Waals surface area (Å²) in [4.78, 5) is 21.3. The van der Waals surface area contributed by atoms with Crippen LogP contribution in [0.5, 0.6) is 5.75 Å². The predicted molar refractivity (Wildman–Crippen MR) is 102 cm³/mol. The van der Waals surface area contributed by atoms with Crippen molar-refractivity contribution in [1.29, 1.82) is 0 Å². The van der Waals surface area contributed by atoms with Gasteiger partial charge in [-0.15, -0.1) is 0 Å². The maximum atomic E-state index is 12.1. The average molecular weight is 354 g/mol. The normalized spacial score (nSPS) is 17.3. The van der Waals surface area contributed by atoms with Crippen LogP contribution in [-0.4, -0.2) is 35.6 Å². The molecule has 0 bridgehead atoms. The van der Waals surface area contributed by atoms with Gasteiger partial charge in [0.05, 0.1) is 7.11 Å². The highest BCUT2D eigenvalue weighted by Crippen LogP contribution is 2.20. The molecule has 0 saturated carbocycles. The first-order chi connectivity index (χ1) is 12.6. The first-order valence-electron chi connectivity index (χ1n) is 9.08. The molecule has 1 fully saturated rings. The van der Waals surface area contributed by atoms with E-state index < -0.39 is 0 Å². The molecule has 1 aliphatic heterocycles. The summed E-state index contributed by atoms with van der Waals surface area (Å²) in [6, 6.07) is 7.77. The fourth-order valence-electron chi connectivity index (χ4n) is 3.24. The van der Waals surface area contributed by atoms with E-state index in [0.29, 0.717) is 5.95 Å². The highest BCUT2D eigenvalue weighted by atomic mass is 16.5. The van der Waals surface area contributed by atoms with Gasteiger partial charge in [-0.3, -0.25) is 4.79 Å². The minimum absolute atomic E-state index is 0.0312. The fraction of sp³-hybridized carbons (Fsp3) is 0.450. The van der Waals surface area contributed by atoms with Crippen molar-refractivity contribution in [3.05, 3.63) is 46.8 Å². The number of carbonyl (C=O) groups excluding carboxylic acids is 1. The molecular formula is C20H26N4O2. The van der Waals surface area contributed by atoms with Gasteiger partial charge >= 0.3 is 0 Å². The number of rotatable bonds is 5. The van der Waals surface area contributed by atoms with Crippen molar-refractivity contribution in [3.63, 3.8) is 0 Å². The molecule has 2 N–H and O–H groups in total. The maximum Gasteiger partial charge on any atom is 0.242 e. The number of benzene rings is 1. The van der Waals surface area contributed by atoms with E-state index in [9.17, 15) is 4.79 Å². The number of amides is 1. The summed E-state index contributed by atoms with van der Waals surface area (Å²) in [5.74, 6) is 1.41. The lowest BCUT2D eigenvalue weighted by molar-refractivity contribution is -0.121. The Balaban J connectivity index is 1.75. The Labute approximate surface area is 154 Å². The van der Waals surface area contributed by atoms with Crippen LogP contribution in [0.3, 0.4) is 0 Å². The number of aromatic nitrogens is 2. The summed E-state index contributed by atoms with van der Waals surface area (Å²) in [5.41, 5.74) is 4.17. The van der Waals surface area contributed by atoms with E-state index in [1.807, 2.05) is 26.0 Å². The zero-order chi connectivity index (χ0) is 18.5. The summed E-state index contributed by atoms with van der Waals surface area (Å²) in [6.07, 6.45) is 3.61. The highest BCUT2D eigenvalue weighted by molar-refractivity contribution is 5.84. The number of nitrogens with one attached hydrogen (secondary N) is 2. The molecule has 6 heteroatoms. The molecule has 138 valence electrons. The molecule has 1 aromatic carbocycles. The fourth-order valence-corrected chi connectivity index (χ4v) is 3.24. The molecule has 0 spiro atoms. The van der Waals surface area contributed by atoms with Crippen LogP contribution in [0.25, 0.3) is 0 Å². The number of ether oxygens (including phenoxy) is 1. The van der Waals surface area contributed by atoms with Gasteiger partial charge in [-0.1, -0.05) is 12.1 Å². The first kappa shape index (κ1) is 18.2. The molecule has 3 rings (SSSR count). The van der Waals surface area contributed by atoms with Crippen molar-refractivity contribution >= 4 is 11.9 Å². The van der Waals surface area contributed by atoms with Crippen molar-refractivity contribution in [1.82, 2.24) is 15.3 Å². The summed E-state index contributed by atoms with van der Waals surface area (Å²) in [5, 5.41) is 6.14. The molecule has 6 nitrogen and oxygen atoms in total. The number of carbonyl (C=O) groups is 1. The summed E-state index contributed by atoms with van der Waals surface area (Å²) >= 11 is 0. The number of anilines is 1. The average Bonchev–Trinajstić information content (AvgIpc) is 2.83. The van der Waals surface area contributed by atoms with Crippen LogP contribution >= 0.6 is 0 Å². The van der Waals surface area contributed by atoms with Crippen molar-refractivity contribution < 1.29 is 9.53 Å². The molecule has 1 saturated heterocycles. The number of nitrogens with zero attached hydrogens (tertiary/aromatic N) is 2. The van der Waals surface area contributed by atoms with Gasteiger partial charge in [-0.05, 0) is 56.4 Å². The molecule has 1 amide bonds. The Morgan fingerprint density at radius 3 is 2.50 bits per heavy atom. The summed E-state index contributed by atoms with van der Waals surface area (Å²) in [6.45, 7) is 4.73. The van der Waals surface area contributed by atoms with Crippen LogP contribution in [0.15, 0.2) is 24.3 Å². The number of hydrogen-bond donors (Lipinski definition) is 2. The lowest BCUT2D eigenvalue weighted by Crippen LogP contribution is -2.38. The SMILES string of the molecule is COc1ccc(Cc2c(C)nc(NC3CCCCNC3=O)nc2C)cc1. The second-order valence-electron chi connectivity index (χ2n) is 6.71. The van der Waals surface area contributed by atoms with Gasteiger partial charge in [0.2, 0.25) is 11.9 Å². The molecule has 1 aliphatic rings. The largest absolute Gasteiger partial charge is 0.497 e. The molecule has 1 unspecified atom stereocenters. The van der Waals surface area contributed by atoms with E-state index >= 15 is 0 Å². The van der Waals surface area contributed by atoms with Gasteiger partial charge < -0.3 is 15.4 Å². The number of aryl methyl sites for hydroxylation is 2. The van der Waals surface area contributed by atoms with Gasteiger partial charge in [0.25, 0.3) is 0 Å². The Morgan fingerprint density at radius 2 is 1.85 bits per heavy atom. The van der Waals surface area contributed by atoms with E-state index in [1.165, 1.54) is 5.56 Å². The molecule has 1 atom stereocenters. The van der Waals surface area contributed by atoms with Gasteiger partial charge in [0.1, 0.15) is 11.8 Å². The lowest BCUT2D eigenvalue weighted by Gasteiger charge is -2.17. The zero-order valence-corrected chi connectivity index (χ0v) is 15.6. The minimum Gasteiger partial charge on any atom is -0.497 e. The van der Waals surface area contributed by atoms with Crippen LogP contribution < -0.4 is 15.4 Å². The van der Waals surface area contributed by atoms with Gasteiger partial charge in [0.15, 0.2) is 0 Å². The minimum atomic E-state index is -0.260. The molecule has 0 aliphatic carbocycles. The highest BCUT2D eigenvalue weighted by Gasteiger charge is 2.21. The predicted octanol–water partition coefficient (Wildman–Crippen LogP) is 2.77. The molecule has 2 heterocycles. The van der Waals surface area contributed by atoms with Gasteiger partial charge in [0, 0.05) is 24.4 Å². The Hall–Kier alpha value is -2.63. The smallest absolute Gasteiger partial charge is 0.242 e. The molecule has 26 heavy (non-hydrogen) atoms. The van der Waals surface area contributed by atoms with Gasteiger partial charge in [-0.2, -0.15) is 0 Å². The van der Waals surface area contributed by atoms with E-state index in [1.54, 1.807) is 7.11 Å². The van der Waals surface area contributed by atoms with Crippen molar-refractivity contribution in [2.45, 2.75) is 45.6 Å². The van der Waals surface area contributed by atoms with E-state index in [0.717, 1.165) is 54.9 Å². The molecule has 2 aromatic rings. The van der Waals surface area contributed by atoms with Crippen LogP contribution in [0.4, 0.5) is 5.95 Å². The van der Waals surface area contributed by atoms with Crippen LogP contribution in [0.2, 0.25) is 0 Å². The van der Waals surface area contributed by atoms with Crippen LogP contribution in [-0.2, 0) is 11.2 Å². The summed E-state index contributed by atoms with van der Waals surface area (Å²) in [7, 11) is 1.66. The van der Waals surface area contributed by atoms with Crippen molar-refractivity contribution in [2.24, 2.45) is 0 Å². The van der Waals surface area contributed by atoms with E-state index in [4.69, 9.17) is 4.74 Å². The molecule has 0 radical (unpaired) electrons. The molecule has 1 aromatic heterocycles. The maximum absolute atomic E-state index is 12.1. The van der Waals surface area contributed by atoms with Crippen LogP contribution in [0, 0.1) is 13.8 Å². The second kappa shape index (κ2) is 8.17. The third kappa shape index (κ3) is 4.31. The monoisotopic (exact) mass is 354 g/mol. The van der Waals surface area contributed by atoms with E-state index in [2.05, 4.69) is 32.7 Å². The third-order valence-electron chi connectivity index (χ3n) is 4.80. The topological polar surface area (TPSA) is 76.1 Å². The molecular weight excluding hydrogens is 328 g/mol. The van der Waals surface area contributed by atoms with Crippen LogP contribution in [0.1, 0.15) is 41.8 Å².